The molecule has 0 rings (SSSR count). The fourth-order valence-corrected chi connectivity index (χ4v) is 0.719. The van der Waals surface area contributed by atoms with E-state index < -0.39 is 12.0 Å². The van der Waals surface area contributed by atoms with Gasteiger partial charge in [-0.3, -0.25) is 9.59 Å². The van der Waals surface area contributed by atoms with Crippen LogP contribution in [-0.4, -0.2) is 41.7 Å². The van der Waals surface area contributed by atoms with Gasteiger partial charge >= 0.3 is 0 Å². The molecule has 0 saturated heterocycles. The summed E-state index contributed by atoms with van der Waals surface area (Å²) in [5.41, 5.74) is 4.66. The number of amides is 2. The molecule has 0 fully saturated rings. The molecule has 6 nitrogen and oxygen atoms in total. The third-order valence-corrected chi connectivity index (χ3v) is 1.60. The Balaban J connectivity index is 3.72. The first-order chi connectivity index (χ1) is 6.72. The van der Waals surface area contributed by atoms with Crippen LogP contribution in [0.2, 0.25) is 0 Å². The van der Waals surface area contributed by atoms with Crippen LogP contribution in [0.15, 0.2) is 0 Å². The Morgan fingerprint density at radius 3 is 2.33 bits per heavy atom. The third-order valence-electron chi connectivity index (χ3n) is 1.60. The summed E-state index contributed by atoms with van der Waals surface area (Å²) in [7, 11) is 0. The zero-order valence-electron chi connectivity index (χ0n) is 9.33. The Kier molecular flexibility index (Phi) is 5.24. The molecule has 0 bridgehead atoms. The fraction of sp³-hybridized carbons (Fsp3) is 0.778. The van der Waals surface area contributed by atoms with Crippen molar-refractivity contribution >= 4 is 11.8 Å². The lowest BCUT2D eigenvalue weighted by Crippen LogP contribution is -2.46. The average molecular weight is 217 g/mol. The van der Waals surface area contributed by atoms with E-state index in [9.17, 15) is 9.59 Å². The predicted molar refractivity (Wildman–Crippen MR) is 56.0 cm³/mol. The van der Waals surface area contributed by atoms with Gasteiger partial charge in [0.25, 0.3) is 0 Å². The van der Waals surface area contributed by atoms with Gasteiger partial charge in [0.05, 0.1) is 13.1 Å². The van der Waals surface area contributed by atoms with Crippen molar-refractivity contribution in [2.75, 3.05) is 13.1 Å². The Morgan fingerprint density at radius 1 is 1.40 bits per heavy atom. The molecule has 1 atom stereocenters. The quantitative estimate of drug-likeness (QED) is 0.442. The van der Waals surface area contributed by atoms with Crippen LogP contribution in [0, 0.1) is 0 Å². The summed E-state index contributed by atoms with van der Waals surface area (Å²) in [5.74, 6) is -1.13. The van der Waals surface area contributed by atoms with Crippen LogP contribution in [0.4, 0.5) is 0 Å². The van der Waals surface area contributed by atoms with E-state index in [2.05, 4.69) is 10.6 Å². The maximum absolute atomic E-state index is 11.2. The summed E-state index contributed by atoms with van der Waals surface area (Å²) in [6.45, 7) is 5.77. The van der Waals surface area contributed by atoms with Crippen molar-refractivity contribution in [1.29, 1.82) is 0 Å². The van der Waals surface area contributed by atoms with Gasteiger partial charge in [-0.15, -0.1) is 0 Å². The molecule has 0 aromatic rings. The van der Waals surface area contributed by atoms with Gasteiger partial charge < -0.3 is 21.5 Å². The highest BCUT2D eigenvalue weighted by Crippen LogP contribution is 1.96. The molecule has 0 spiro atoms. The molecule has 0 aliphatic heterocycles. The molecule has 6 heteroatoms. The molecule has 5 N–H and O–H groups in total. The monoisotopic (exact) mass is 217 g/mol. The van der Waals surface area contributed by atoms with Crippen LogP contribution in [0.1, 0.15) is 20.8 Å². The number of rotatable bonds is 5. The number of aliphatic hydroxyl groups is 1. The third kappa shape index (κ3) is 7.90. The van der Waals surface area contributed by atoms with Crippen LogP contribution in [0.3, 0.4) is 0 Å². The minimum absolute atomic E-state index is 0.134. The average Bonchev–Trinajstić information content (AvgIpc) is 2.09. The molecule has 88 valence electrons. The van der Waals surface area contributed by atoms with Gasteiger partial charge in [0, 0.05) is 5.54 Å². The largest absolute Gasteiger partial charge is 0.381 e. The number of carbonyl (C=O) groups excluding carboxylic acids is 2. The maximum Gasteiger partial charge on any atom is 0.248 e. The molecule has 2 amide bonds. The van der Waals surface area contributed by atoms with Gasteiger partial charge in [-0.05, 0) is 20.8 Å². The summed E-state index contributed by atoms with van der Waals surface area (Å²) in [6.07, 6.45) is -1.33. The highest BCUT2D eigenvalue weighted by molar-refractivity contribution is 5.81. The molecule has 15 heavy (non-hydrogen) atoms. The minimum Gasteiger partial charge on any atom is -0.381 e. The number of hydrogen-bond acceptors (Lipinski definition) is 4. The molecule has 0 aliphatic rings. The lowest BCUT2D eigenvalue weighted by molar-refractivity contribution is -0.126. The molecule has 0 aromatic heterocycles. The topological polar surface area (TPSA) is 104 Å². The first-order valence-corrected chi connectivity index (χ1v) is 4.71. The standard InChI is InChI=1S/C9H19N3O3/c1-9(2,3)12-5-7(14)11-4-6(13)8(10)15/h6,12-13H,4-5H2,1-3H3,(H2,10,15)(H,11,14). The Morgan fingerprint density at radius 2 is 1.93 bits per heavy atom. The van der Waals surface area contributed by atoms with Crippen LogP contribution < -0.4 is 16.4 Å². The smallest absolute Gasteiger partial charge is 0.248 e. The minimum atomic E-state index is -1.33. The Labute approximate surface area is 89.2 Å². The van der Waals surface area contributed by atoms with Crippen molar-refractivity contribution in [3.05, 3.63) is 0 Å². The van der Waals surface area contributed by atoms with E-state index in [4.69, 9.17) is 10.8 Å². The zero-order valence-corrected chi connectivity index (χ0v) is 9.33. The second-order valence-corrected chi connectivity index (χ2v) is 4.33. The van der Waals surface area contributed by atoms with Crippen molar-refractivity contribution in [1.82, 2.24) is 10.6 Å². The highest BCUT2D eigenvalue weighted by atomic mass is 16.3. The molecule has 0 aliphatic carbocycles. The van der Waals surface area contributed by atoms with Gasteiger partial charge in [-0.2, -0.15) is 0 Å². The zero-order chi connectivity index (χ0) is 12.1. The molecule has 1 unspecified atom stereocenters. The van der Waals surface area contributed by atoms with Crippen molar-refractivity contribution < 1.29 is 14.7 Å². The van der Waals surface area contributed by atoms with E-state index in [0.29, 0.717) is 0 Å². The van der Waals surface area contributed by atoms with E-state index in [0.717, 1.165) is 0 Å². The van der Waals surface area contributed by atoms with E-state index in [1.807, 2.05) is 20.8 Å². The van der Waals surface area contributed by atoms with E-state index >= 15 is 0 Å². The van der Waals surface area contributed by atoms with Gasteiger partial charge in [0.15, 0.2) is 0 Å². The van der Waals surface area contributed by atoms with Crippen LogP contribution in [-0.2, 0) is 9.59 Å². The number of nitrogens with one attached hydrogen (secondary N) is 2. The summed E-state index contributed by atoms with van der Waals surface area (Å²) in [5, 5.41) is 14.3. The van der Waals surface area contributed by atoms with Crippen molar-refractivity contribution in [3.8, 4) is 0 Å². The molecule has 0 heterocycles. The van der Waals surface area contributed by atoms with Crippen molar-refractivity contribution in [3.63, 3.8) is 0 Å². The number of hydrogen-bond donors (Lipinski definition) is 4. The second kappa shape index (κ2) is 5.67. The van der Waals surface area contributed by atoms with E-state index in [-0.39, 0.29) is 24.5 Å². The number of nitrogens with two attached hydrogens (primary N) is 1. The highest BCUT2D eigenvalue weighted by Gasteiger charge is 2.14. The number of primary amides is 1. The van der Waals surface area contributed by atoms with Gasteiger partial charge in [0.1, 0.15) is 6.10 Å². The Hall–Kier alpha value is -1.14. The van der Waals surface area contributed by atoms with Gasteiger partial charge in [-0.1, -0.05) is 0 Å². The molecule has 0 saturated carbocycles. The summed E-state index contributed by atoms with van der Waals surface area (Å²) in [6, 6.07) is 0. The SMILES string of the molecule is CC(C)(C)NCC(=O)NCC(O)C(N)=O. The van der Waals surface area contributed by atoms with Crippen LogP contribution >= 0.6 is 0 Å². The number of aliphatic hydroxyl groups excluding tert-OH is 1. The molecule has 0 radical (unpaired) electrons. The first kappa shape index (κ1) is 13.9. The van der Waals surface area contributed by atoms with Crippen molar-refractivity contribution in [2.45, 2.75) is 32.4 Å². The normalized spacial score (nSPS) is 13.3. The molecule has 0 aromatic carbocycles. The summed E-state index contributed by atoms with van der Waals surface area (Å²) >= 11 is 0. The van der Waals surface area contributed by atoms with Crippen LogP contribution in [0.5, 0.6) is 0 Å². The van der Waals surface area contributed by atoms with Gasteiger partial charge in [-0.25, -0.2) is 0 Å². The fourth-order valence-electron chi connectivity index (χ4n) is 0.719. The van der Waals surface area contributed by atoms with E-state index in [1.165, 1.54) is 0 Å². The summed E-state index contributed by atoms with van der Waals surface area (Å²) in [4.78, 5) is 21.6. The molecular weight excluding hydrogens is 198 g/mol. The summed E-state index contributed by atoms with van der Waals surface area (Å²) < 4.78 is 0. The van der Waals surface area contributed by atoms with Gasteiger partial charge in [0.2, 0.25) is 11.8 Å². The lowest BCUT2D eigenvalue weighted by atomic mass is 10.1. The van der Waals surface area contributed by atoms with Crippen LogP contribution in [0.25, 0.3) is 0 Å². The number of carbonyl (C=O) groups is 2. The predicted octanol–water partition coefficient (Wildman–Crippen LogP) is -1.66. The molecular formula is C9H19N3O3. The van der Waals surface area contributed by atoms with E-state index in [1.54, 1.807) is 0 Å². The maximum atomic E-state index is 11.2. The second-order valence-electron chi connectivity index (χ2n) is 4.33. The van der Waals surface area contributed by atoms with Crippen molar-refractivity contribution in [2.24, 2.45) is 5.73 Å². The first-order valence-electron chi connectivity index (χ1n) is 4.71. The Bertz CT molecular complexity index is 235. The lowest BCUT2D eigenvalue weighted by Gasteiger charge is -2.20.